The van der Waals surface area contributed by atoms with Crippen molar-refractivity contribution in [1.29, 1.82) is 0 Å². The Balaban J connectivity index is 2.21. The Morgan fingerprint density at radius 2 is 2.24 bits per heavy atom. The molecule has 5 nitrogen and oxygen atoms in total. The van der Waals surface area contributed by atoms with Crippen molar-refractivity contribution in [3.63, 3.8) is 0 Å². The van der Waals surface area contributed by atoms with E-state index in [0.717, 1.165) is 32.6 Å². The van der Waals surface area contributed by atoms with Crippen molar-refractivity contribution >= 4 is 5.91 Å². The molecule has 1 fully saturated rings. The van der Waals surface area contributed by atoms with E-state index in [9.17, 15) is 4.79 Å². The Labute approximate surface area is 104 Å². The molecule has 100 valence electrons. The van der Waals surface area contributed by atoms with Crippen LogP contribution in [0, 0.1) is 0 Å². The van der Waals surface area contributed by atoms with E-state index in [2.05, 4.69) is 10.2 Å². The fourth-order valence-electron chi connectivity index (χ4n) is 1.84. The second kappa shape index (κ2) is 8.44. The summed E-state index contributed by atoms with van der Waals surface area (Å²) in [4.78, 5) is 15.9. The molecule has 0 radical (unpaired) electrons. The zero-order chi connectivity index (χ0) is 12.5. The van der Waals surface area contributed by atoms with Crippen LogP contribution in [-0.2, 0) is 9.53 Å². The van der Waals surface area contributed by atoms with E-state index in [1.807, 2.05) is 14.0 Å². The van der Waals surface area contributed by atoms with Gasteiger partial charge in [-0.25, -0.2) is 0 Å². The van der Waals surface area contributed by atoms with Gasteiger partial charge in [-0.1, -0.05) is 0 Å². The molecule has 0 aromatic rings. The number of hydrogen-bond donors (Lipinski definition) is 1. The molecule has 5 heteroatoms. The van der Waals surface area contributed by atoms with Gasteiger partial charge in [-0.2, -0.15) is 0 Å². The Bertz CT molecular complexity index is 216. The molecular weight excluding hydrogens is 218 g/mol. The van der Waals surface area contributed by atoms with Crippen LogP contribution in [0.2, 0.25) is 0 Å². The van der Waals surface area contributed by atoms with Gasteiger partial charge in [0.25, 0.3) is 0 Å². The monoisotopic (exact) mass is 243 g/mol. The molecule has 1 amide bonds. The van der Waals surface area contributed by atoms with E-state index in [4.69, 9.17) is 4.74 Å². The van der Waals surface area contributed by atoms with Gasteiger partial charge in [0, 0.05) is 33.3 Å². The molecule has 1 saturated heterocycles. The van der Waals surface area contributed by atoms with Crippen LogP contribution in [0.25, 0.3) is 0 Å². The highest BCUT2D eigenvalue weighted by Gasteiger charge is 2.15. The minimum atomic E-state index is 0.187. The van der Waals surface area contributed by atoms with Crippen LogP contribution >= 0.6 is 0 Å². The number of amides is 1. The molecule has 1 heterocycles. The molecule has 0 saturated carbocycles. The third-order valence-corrected chi connectivity index (χ3v) is 2.99. The van der Waals surface area contributed by atoms with E-state index in [0.29, 0.717) is 26.3 Å². The Hall–Kier alpha value is -0.650. The summed E-state index contributed by atoms with van der Waals surface area (Å²) in [5.74, 6) is 0.187. The normalized spacial score (nSPS) is 17.8. The summed E-state index contributed by atoms with van der Waals surface area (Å²) in [6.07, 6.45) is 1.12. The van der Waals surface area contributed by atoms with Gasteiger partial charge < -0.3 is 15.0 Å². The molecule has 0 unspecified atom stereocenters. The number of carbonyl (C=O) groups excluding carboxylic acids is 1. The van der Waals surface area contributed by atoms with Crippen LogP contribution in [0.15, 0.2) is 0 Å². The van der Waals surface area contributed by atoms with E-state index < -0.39 is 0 Å². The van der Waals surface area contributed by atoms with Crippen molar-refractivity contribution in [3.8, 4) is 0 Å². The van der Waals surface area contributed by atoms with Gasteiger partial charge in [-0.3, -0.25) is 9.69 Å². The number of carbonyl (C=O) groups is 1. The maximum atomic E-state index is 11.9. The average molecular weight is 243 g/mol. The standard InChI is InChI=1S/C12H25N3O2/c1-3-17-10-9-14(2)12(16)11-15-7-4-5-13-6-8-15/h13H,3-11H2,1-2H3. The van der Waals surface area contributed by atoms with Crippen LogP contribution in [-0.4, -0.2) is 75.2 Å². The summed E-state index contributed by atoms with van der Waals surface area (Å²) in [5.41, 5.74) is 0. The Morgan fingerprint density at radius 3 is 3.00 bits per heavy atom. The summed E-state index contributed by atoms with van der Waals surface area (Å²) in [5, 5.41) is 3.34. The molecule has 0 aromatic heterocycles. The summed E-state index contributed by atoms with van der Waals surface area (Å²) in [7, 11) is 1.84. The SMILES string of the molecule is CCOCCN(C)C(=O)CN1CCCNCC1. The zero-order valence-electron chi connectivity index (χ0n) is 11.1. The zero-order valence-corrected chi connectivity index (χ0v) is 11.1. The number of likely N-dealkylation sites (N-methyl/N-ethyl adjacent to an activating group) is 1. The number of rotatable bonds is 6. The summed E-state index contributed by atoms with van der Waals surface area (Å²) < 4.78 is 5.25. The Morgan fingerprint density at radius 1 is 1.41 bits per heavy atom. The smallest absolute Gasteiger partial charge is 0.236 e. The van der Waals surface area contributed by atoms with Crippen molar-refractivity contribution in [2.24, 2.45) is 0 Å². The fraction of sp³-hybridized carbons (Fsp3) is 0.917. The summed E-state index contributed by atoms with van der Waals surface area (Å²) >= 11 is 0. The van der Waals surface area contributed by atoms with Crippen LogP contribution in [0.4, 0.5) is 0 Å². The predicted molar refractivity (Wildman–Crippen MR) is 68.1 cm³/mol. The highest BCUT2D eigenvalue weighted by atomic mass is 16.5. The molecule has 0 aliphatic carbocycles. The minimum absolute atomic E-state index is 0.187. The number of nitrogens with zero attached hydrogens (tertiary/aromatic N) is 2. The first-order chi connectivity index (χ1) is 8.24. The van der Waals surface area contributed by atoms with Crippen molar-refractivity contribution in [2.75, 3.05) is 59.5 Å². The van der Waals surface area contributed by atoms with Gasteiger partial charge in [-0.15, -0.1) is 0 Å². The molecule has 1 aliphatic rings. The van der Waals surface area contributed by atoms with Gasteiger partial charge in [0.05, 0.1) is 13.2 Å². The van der Waals surface area contributed by atoms with E-state index in [1.165, 1.54) is 0 Å². The summed E-state index contributed by atoms with van der Waals surface area (Å²) in [6.45, 7) is 8.53. The Kier molecular flexibility index (Phi) is 7.16. The predicted octanol–water partition coefficient (Wildman–Crippen LogP) is -0.223. The number of ether oxygens (including phenoxy) is 1. The minimum Gasteiger partial charge on any atom is -0.380 e. The maximum absolute atomic E-state index is 11.9. The van der Waals surface area contributed by atoms with Gasteiger partial charge in [0.15, 0.2) is 0 Å². The van der Waals surface area contributed by atoms with Crippen molar-refractivity contribution < 1.29 is 9.53 Å². The molecule has 0 aromatic carbocycles. The molecule has 1 rings (SSSR count). The molecule has 0 bridgehead atoms. The third kappa shape index (κ3) is 6.00. The van der Waals surface area contributed by atoms with Gasteiger partial charge >= 0.3 is 0 Å². The van der Waals surface area contributed by atoms with Crippen LogP contribution in [0.5, 0.6) is 0 Å². The summed E-state index contributed by atoms with van der Waals surface area (Å²) in [6, 6.07) is 0. The van der Waals surface area contributed by atoms with Crippen molar-refractivity contribution in [2.45, 2.75) is 13.3 Å². The number of hydrogen-bond acceptors (Lipinski definition) is 4. The van der Waals surface area contributed by atoms with Gasteiger partial charge in [0.1, 0.15) is 0 Å². The largest absolute Gasteiger partial charge is 0.380 e. The second-order valence-corrected chi connectivity index (χ2v) is 4.39. The quantitative estimate of drug-likeness (QED) is 0.655. The highest BCUT2D eigenvalue weighted by Crippen LogP contribution is 1.97. The molecule has 1 N–H and O–H groups in total. The average Bonchev–Trinajstić information content (AvgIpc) is 2.57. The maximum Gasteiger partial charge on any atom is 0.236 e. The first-order valence-corrected chi connectivity index (χ1v) is 6.48. The van der Waals surface area contributed by atoms with Crippen LogP contribution in [0.3, 0.4) is 0 Å². The second-order valence-electron chi connectivity index (χ2n) is 4.39. The van der Waals surface area contributed by atoms with Crippen LogP contribution in [0.1, 0.15) is 13.3 Å². The first kappa shape index (κ1) is 14.4. The molecule has 0 spiro atoms. The van der Waals surface area contributed by atoms with Crippen LogP contribution < -0.4 is 5.32 Å². The van der Waals surface area contributed by atoms with Gasteiger partial charge in [-0.05, 0) is 26.4 Å². The fourth-order valence-corrected chi connectivity index (χ4v) is 1.84. The lowest BCUT2D eigenvalue weighted by Crippen LogP contribution is -2.41. The topological polar surface area (TPSA) is 44.8 Å². The first-order valence-electron chi connectivity index (χ1n) is 6.48. The van der Waals surface area contributed by atoms with E-state index in [-0.39, 0.29) is 5.91 Å². The third-order valence-electron chi connectivity index (χ3n) is 2.99. The lowest BCUT2D eigenvalue weighted by Gasteiger charge is -2.23. The van der Waals surface area contributed by atoms with Gasteiger partial charge in [0.2, 0.25) is 5.91 Å². The molecular formula is C12H25N3O2. The molecule has 1 aliphatic heterocycles. The highest BCUT2D eigenvalue weighted by molar-refractivity contribution is 5.77. The van der Waals surface area contributed by atoms with Crippen molar-refractivity contribution in [1.82, 2.24) is 15.1 Å². The number of nitrogens with one attached hydrogen (secondary N) is 1. The van der Waals surface area contributed by atoms with Crippen molar-refractivity contribution in [3.05, 3.63) is 0 Å². The molecule has 0 atom stereocenters. The lowest BCUT2D eigenvalue weighted by atomic mass is 10.3. The van der Waals surface area contributed by atoms with E-state index in [1.54, 1.807) is 4.90 Å². The molecule has 17 heavy (non-hydrogen) atoms. The van der Waals surface area contributed by atoms with E-state index >= 15 is 0 Å². The lowest BCUT2D eigenvalue weighted by molar-refractivity contribution is -0.131.